The molecule has 1 aliphatic rings. The average molecular weight is 398 g/mol. The summed E-state index contributed by atoms with van der Waals surface area (Å²) >= 11 is 5.87. The fraction of sp³-hybridized carbons (Fsp3) is 0.562. The van der Waals surface area contributed by atoms with Crippen molar-refractivity contribution in [1.82, 2.24) is 24.6 Å². The Balaban J connectivity index is 1.87. The van der Waals surface area contributed by atoms with Gasteiger partial charge in [-0.15, -0.1) is 0 Å². The van der Waals surface area contributed by atoms with Gasteiger partial charge in [0.25, 0.3) is 0 Å². The number of aromatic nitrogens is 4. The lowest BCUT2D eigenvalue weighted by molar-refractivity contribution is -0.153. The Morgan fingerprint density at radius 3 is 2.63 bits per heavy atom. The summed E-state index contributed by atoms with van der Waals surface area (Å²) in [4.78, 5) is 33.6. The lowest BCUT2D eigenvalue weighted by atomic mass is 9.78. The SMILES string of the molecule is CCOC(=O)N1CCC(Cn2ncc3nc(Cl)nc(OC)c32)(C(=O)O)CC1. The van der Waals surface area contributed by atoms with Crippen molar-refractivity contribution in [2.24, 2.45) is 5.41 Å². The third kappa shape index (κ3) is 3.61. The summed E-state index contributed by atoms with van der Waals surface area (Å²) in [5, 5.41) is 14.2. The van der Waals surface area contributed by atoms with Gasteiger partial charge in [-0.05, 0) is 31.4 Å². The van der Waals surface area contributed by atoms with Crippen LogP contribution in [0.5, 0.6) is 5.88 Å². The number of carboxylic acids is 1. The van der Waals surface area contributed by atoms with E-state index in [2.05, 4.69) is 15.1 Å². The molecule has 1 N–H and O–H groups in total. The molecular weight excluding hydrogens is 378 g/mol. The van der Waals surface area contributed by atoms with E-state index in [1.54, 1.807) is 6.92 Å². The smallest absolute Gasteiger partial charge is 0.409 e. The molecule has 2 aromatic rings. The Labute approximate surface area is 160 Å². The summed E-state index contributed by atoms with van der Waals surface area (Å²) in [6.07, 6.45) is 1.62. The molecular formula is C16H20ClN5O5. The van der Waals surface area contributed by atoms with Gasteiger partial charge in [0.15, 0.2) is 0 Å². The Kier molecular flexibility index (Phi) is 5.36. The van der Waals surface area contributed by atoms with Crippen LogP contribution in [-0.2, 0) is 16.1 Å². The van der Waals surface area contributed by atoms with Gasteiger partial charge in [-0.3, -0.25) is 9.48 Å². The fourth-order valence-electron chi connectivity index (χ4n) is 3.26. The van der Waals surface area contributed by atoms with E-state index in [1.807, 2.05) is 0 Å². The van der Waals surface area contributed by atoms with Gasteiger partial charge in [0.2, 0.25) is 11.2 Å². The number of hydrogen-bond acceptors (Lipinski definition) is 7. The first kappa shape index (κ1) is 19.2. The molecule has 1 aliphatic heterocycles. The molecule has 0 atom stereocenters. The molecule has 0 unspecified atom stereocenters. The summed E-state index contributed by atoms with van der Waals surface area (Å²) in [6, 6.07) is 0. The number of ether oxygens (including phenoxy) is 2. The van der Waals surface area contributed by atoms with Crippen molar-refractivity contribution in [2.75, 3.05) is 26.8 Å². The third-order valence-corrected chi connectivity index (χ3v) is 4.94. The van der Waals surface area contributed by atoms with E-state index in [9.17, 15) is 14.7 Å². The van der Waals surface area contributed by atoms with Crippen molar-refractivity contribution in [3.63, 3.8) is 0 Å². The van der Waals surface area contributed by atoms with Crippen LogP contribution in [0.4, 0.5) is 4.79 Å². The number of carbonyl (C=O) groups is 2. The predicted molar refractivity (Wildman–Crippen MR) is 94.8 cm³/mol. The van der Waals surface area contributed by atoms with Crippen LogP contribution >= 0.6 is 11.6 Å². The second-order valence-electron chi connectivity index (χ2n) is 6.31. The second kappa shape index (κ2) is 7.55. The molecule has 0 aromatic carbocycles. The molecule has 0 aliphatic carbocycles. The molecule has 10 nitrogen and oxygen atoms in total. The zero-order chi connectivity index (χ0) is 19.6. The number of hydrogen-bond donors (Lipinski definition) is 1. The second-order valence-corrected chi connectivity index (χ2v) is 6.65. The molecule has 2 aromatic heterocycles. The summed E-state index contributed by atoms with van der Waals surface area (Å²) in [7, 11) is 1.44. The number of amides is 1. The summed E-state index contributed by atoms with van der Waals surface area (Å²) < 4.78 is 11.8. The molecule has 1 amide bonds. The number of methoxy groups -OCH3 is 1. The van der Waals surface area contributed by atoms with Crippen molar-refractivity contribution in [3.8, 4) is 5.88 Å². The molecule has 11 heteroatoms. The van der Waals surface area contributed by atoms with E-state index in [4.69, 9.17) is 21.1 Å². The Morgan fingerprint density at radius 1 is 1.33 bits per heavy atom. The van der Waals surface area contributed by atoms with Gasteiger partial charge in [0, 0.05) is 13.1 Å². The average Bonchev–Trinajstić information content (AvgIpc) is 3.04. The summed E-state index contributed by atoms with van der Waals surface area (Å²) in [6.45, 7) is 2.70. The lowest BCUT2D eigenvalue weighted by Gasteiger charge is -2.38. The Morgan fingerprint density at radius 2 is 2.04 bits per heavy atom. The van der Waals surface area contributed by atoms with Crippen LogP contribution in [-0.4, -0.2) is 68.6 Å². The van der Waals surface area contributed by atoms with E-state index >= 15 is 0 Å². The van der Waals surface area contributed by atoms with Gasteiger partial charge in [-0.2, -0.15) is 10.1 Å². The van der Waals surface area contributed by atoms with Crippen LogP contribution in [0.2, 0.25) is 5.28 Å². The number of aliphatic carboxylic acids is 1. The number of rotatable bonds is 5. The highest BCUT2D eigenvalue weighted by molar-refractivity contribution is 6.28. The predicted octanol–water partition coefficient (Wildman–Crippen LogP) is 1.81. The monoisotopic (exact) mass is 397 g/mol. The van der Waals surface area contributed by atoms with E-state index in [1.165, 1.54) is 22.9 Å². The number of nitrogens with zero attached hydrogens (tertiary/aromatic N) is 5. The molecule has 0 radical (unpaired) electrons. The van der Waals surface area contributed by atoms with Crippen molar-refractivity contribution in [3.05, 3.63) is 11.5 Å². The van der Waals surface area contributed by atoms with Gasteiger partial charge < -0.3 is 19.5 Å². The van der Waals surface area contributed by atoms with Crippen LogP contribution in [0, 0.1) is 5.41 Å². The van der Waals surface area contributed by atoms with Crippen LogP contribution in [0.25, 0.3) is 11.0 Å². The van der Waals surface area contributed by atoms with E-state index in [0.29, 0.717) is 24.1 Å². The largest absolute Gasteiger partial charge is 0.481 e. The molecule has 27 heavy (non-hydrogen) atoms. The normalized spacial score (nSPS) is 16.3. The number of carboxylic acid groups (broad SMARTS) is 1. The van der Waals surface area contributed by atoms with E-state index in [-0.39, 0.29) is 37.2 Å². The van der Waals surface area contributed by atoms with Crippen LogP contribution in [0.1, 0.15) is 19.8 Å². The van der Waals surface area contributed by atoms with Gasteiger partial charge >= 0.3 is 12.1 Å². The molecule has 0 spiro atoms. The standard InChI is InChI=1S/C16H20ClN5O5/c1-3-27-15(25)21-6-4-16(5-7-21,13(23)24)9-22-11-10(8-18-22)19-14(17)20-12(11)26-2/h8H,3-7,9H2,1-2H3,(H,23,24). The first-order chi connectivity index (χ1) is 12.9. The first-order valence-electron chi connectivity index (χ1n) is 8.48. The quantitative estimate of drug-likeness (QED) is 0.758. The van der Waals surface area contributed by atoms with Crippen LogP contribution in [0.3, 0.4) is 0 Å². The maximum Gasteiger partial charge on any atom is 0.409 e. The zero-order valence-electron chi connectivity index (χ0n) is 15.0. The minimum Gasteiger partial charge on any atom is -0.481 e. The number of halogens is 1. The number of piperidine rings is 1. The number of carbonyl (C=O) groups excluding carboxylic acids is 1. The van der Waals surface area contributed by atoms with Gasteiger partial charge in [-0.25, -0.2) is 9.78 Å². The first-order valence-corrected chi connectivity index (χ1v) is 8.86. The molecule has 3 heterocycles. The highest BCUT2D eigenvalue weighted by Crippen LogP contribution is 2.36. The highest BCUT2D eigenvalue weighted by atomic mass is 35.5. The third-order valence-electron chi connectivity index (χ3n) is 4.78. The number of fused-ring (bicyclic) bond motifs is 1. The highest BCUT2D eigenvalue weighted by Gasteiger charge is 2.44. The van der Waals surface area contributed by atoms with Gasteiger partial charge in [-0.1, -0.05) is 0 Å². The molecule has 0 saturated carbocycles. The zero-order valence-corrected chi connectivity index (χ0v) is 15.8. The minimum atomic E-state index is -1.08. The van der Waals surface area contributed by atoms with Gasteiger partial charge in [0.05, 0.1) is 31.9 Å². The van der Waals surface area contributed by atoms with E-state index < -0.39 is 17.5 Å². The molecule has 1 fully saturated rings. The van der Waals surface area contributed by atoms with Crippen molar-refractivity contribution >= 4 is 34.7 Å². The Bertz CT molecular complexity index is 862. The topological polar surface area (TPSA) is 120 Å². The van der Waals surface area contributed by atoms with Crippen molar-refractivity contribution < 1.29 is 24.2 Å². The van der Waals surface area contributed by atoms with Crippen LogP contribution in [0.15, 0.2) is 6.20 Å². The van der Waals surface area contributed by atoms with E-state index in [0.717, 1.165) is 0 Å². The summed E-state index contributed by atoms with van der Waals surface area (Å²) in [5.41, 5.74) is -0.126. The number of likely N-dealkylation sites (tertiary alicyclic amines) is 1. The molecule has 146 valence electrons. The summed E-state index contributed by atoms with van der Waals surface area (Å²) in [5.74, 6) is -0.712. The maximum atomic E-state index is 12.1. The molecule has 3 rings (SSSR count). The van der Waals surface area contributed by atoms with Gasteiger partial charge in [0.1, 0.15) is 11.0 Å². The molecule has 0 bridgehead atoms. The Hall–Kier alpha value is -2.62. The lowest BCUT2D eigenvalue weighted by Crippen LogP contribution is -2.48. The van der Waals surface area contributed by atoms with Crippen molar-refractivity contribution in [2.45, 2.75) is 26.3 Å². The maximum absolute atomic E-state index is 12.1. The fourth-order valence-corrected chi connectivity index (χ4v) is 3.43. The van der Waals surface area contributed by atoms with Crippen LogP contribution < -0.4 is 4.74 Å². The van der Waals surface area contributed by atoms with Crippen molar-refractivity contribution in [1.29, 1.82) is 0 Å². The molecule has 1 saturated heterocycles. The minimum absolute atomic E-state index is 0.0228.